The molecule has 3 nitrogen and oxygen atoms in total. The number of pyridine rings is 1. The predicted octanol–water partition coefficient (Wildman–Crippen LogP) is 2.21. The molecular weight excluding hydrogens is 272 g/mol. The van der Waals surface area contributed by atoms with Gasteiger partial charge >= 0.3 is 0 Å². The van der Waals surface area contributed by atoms with Crippen LogP contribution in [-0.4, -0.2) is 27.2 Å². The zero-order valence-corrected chi connectivity index (χ0v) is 10.6. The lowest BCUT2D eigenvalue weighted by Crippen LogP contribution is -2.17. The second-order valence-electron chi connectivity index (χ2n) is 3.72. The van der Waals surface area contributed by atoms with Crippen LogP contribution in [0.2, 0.25) is 0 Å². The average molecular weight is 284 g/mol. The Bertz CT molecular complexity index is 443. The van der Waals surface area contributed by atoms with Crippen LogP contribution < -0.4 is 5.32 Å². The highest BCUT2D eigenvalue weighted by atomic mass is 32.2. The first kappa shape index (κ1) is 14.9. The van der Waals surface area contributed by atoms with Gasteiger partial charge in [-0.05, 0) is 6.42 Å². The number of nitrogens with one attached hydrogen (secondary N) is 1. The summed E-state index contributed by atoms with van der Waals surface area (Å²) < 4.78 is 62.9. The van der Waals surface area contributed by atoms with Crippen molar-refractivity contribution in [2.45, 2.75) is 18.6 Å². The van der Waals surface area contributed by atoms with Gasteiger partial charge in [0.05, 0.1) is 0 Å². The minimum absolute atomic E-state index is 0.0392. The van der Waals surface area contributed by atoms with Gasteiger partial charge in [-0.3, -0.25) is 4.21 Å². The van der Waals surface area contributed by atoms with Crippen LogP contribution in [0.25, 0.3) is 0 Å². The van der Waals surface area contributed by atoms with E-state index in [9.17, 15) is 21.8 Å². The minimum Gasteiger partial charge on any atom is -0.380 e. The van der Waals surface area contributed by atoms with E-state index in [0.717, 1.165) is 0 Å². The van der Waals surface area contributed by atoms with E-state index in [1.165, 1.54) is 6.26 Å². The van der Waals surface area contributed by atoms with E-state index in [4.69, 9.17) is 0 Å². The van der Waals surface area contributed by atoms with Crippen molar-refractivity contribution >= 4 is 16.5 Å². The van der Waals surface area contributed by atoms with Crippen molar-refractivity contribution in [3.63, 3.8) is 0 Å². The lowest BCUT2D eigenvalue weighted by Gasteiger charge is -2.11. The molecule has 0 aromatic carbocycles. The molecule has 0 aliphatic rings. The molecule has 0 amide bonds. The van der Waals surface area contributed by atoms with E-state index in [2.05, 4.69) is 10.3 Å². The summed E-state index contributed by atoms with van der Waals surface area (Å²) in [6, 6.07) is 0. The average Bonchev–Trinajstić information content (AvgIpc) is 2.30. The maximum Gasteiger partial charge on any atom is 0.253 e. The van der Waals surface area contributed by atoms with E-state index in [1.54, 1.807) is 6.92 Å². The molecule has 102 valence electrons. The molecule has 1 heterocycles. The normalized spacial score (nSPS) is 14.3. The molecule has 1 rings (SSSR count). The Kier molecular flexibility index (Phi) is 5.06. The van der Waals surface area contributed by atoms with Crippen molar-refractivity contribution in [1.82, 2.24) is 4.98 Å². The SMILES string of the molecule is CC(CCNc1c(F)c(F)nc(F)c1F)S(C)=O. The van der Waals surface area contributed by atoms with Crippen LogP contribution in [0.15, 0.2) is 0 Å². The minimum atomic E-state index is -1.71. The van der Waals surface area contributed by atoms with E-state index < -0.39 is 40.0 Å². The van der Waals surface area contributed by atoms with Gasteiger partial charge < -0.3 is 5.32 Å². The Hall–Kier alpha value is -1.18. The molecule has 0 fully saturated rings. The monoisotopic (exact) mass is 284 g/mol. The maximum atomic E-state index is 13.2. The van der Waals surface area contributed by atoms with E-state index in [1.807, 2.05) is 0 Å². The number of hydrogen-bond acceptors (Lipinski definition) is 3. The number of nitrogens with zero attached hydrogens (tertiary/aromatic N) is 1. The lowest BCUT2D eigenvalue weighted by atomic mass is 10.3. The van der Waals surface area contributed by atoms with Crippen molar-refractivity contribution in [3.8, 4) is 0 Å². The van der Waals surface area contributed by atoms with Crippen LogP contribution in [0.4, 0.5) is 23.2 Å². The molecule has 8 heteroatoms. The van der Waals surface area contributed by atoms with Gasteiger partial charge in [-0.2, -0.15) is 22.5 Å². The highest BCUT2D eigenvalue weighted by Crippen LogP contribution is 2.21. The van der Waals surface area contributed by atoms with Gasteiger partial charge in [0.2, 0.25) is 11.6 Å². The smallest absolute Gasteiger partial charge is 0.253 e. The van der Waals surface area contributed by atoms with E-state index in [0.29, 0.717) is 6.42 Å². The van der Waals surface area contributed by atoms with Crippen LogP contribution in [0, 0.1) is 23.5 Å². The van der Waals surface area contributed by atoms with Crippen LogP contribution in [0.5, 0.6) is 0 Å². The Morgan fingerprint density at radius 2 is 1.72 bits per heavy atom. The Labute approximate surface area is 104 Å². The van der Waals surface area contributed by atoms with Crippen molar-refractivity contribution < 1.29 is 21.8 Å². The summed E-state index contributed by atoms with van der Waals surface area (Å²) in [6.07, 6.45) is 1.84. The third-order valence-corrected chi connectivity index (χ3v) is 3.79. The Morgan fingerprint density at radius 3 is 2.17 bits per heavy atom. The third kappa shape index (κ3) is 3.41. The molecule has 0 bridgehead atoms. The fourth-order valence-electron chi connectivity index (χ4n) is 1.21. The Balaban J connectivity index is 2.76. The van der Waals surface area contributed by atoms with Gasteiger partial charge in [-0.15, -0.1) is 0 Å². The summed E-state index contributed by atoms with van der Waals surface area (Å²) in [7, 11) is -1.08. The molecular formula is C10H12F4N2OS. The zero-order valence-electron chi connectivity index (χ0n) is 9.77. The highest BCUT2D eigenvalue weighted by Gasteiger charge is 2.20. The number of hydrogen-bond donors (Lipinski definition) is 1. The predicted molar refractivity (Wildman–Crippen MR) is 60.7 cm³/mol. The van der Waals surface area contributed by atoms with Gasteiger partial charge in [0.25, 0.3) is 11.9 Å². The molecule has 0 saturated carbocycles. The topological polar surface area (TPSA) is 42.0 Å². The van der Waals surface area contributed by atoms with Crippen LogP contribution in [0.1, 0.15) is 13.3 Å². The molecule has 1 aromatic rings. The first-order valence-corrected chi connectivity index (χ1v) is 6.72. The number of anilines is 1. The highest BCUT2D eigenvalue weighted by molar-refractivity contribution is 7.84. The molecule has 0 spiro atoms. The van der Waals surface area contributed by atoms with Crippen molar-refractivity contribution in [3.05, 3.63) is 23.5 Å². The van der Waals surface area contributed by atoms with Crippen molar-refractivity contribution in [2.24, 2.45) is 0 Å². The molecule has 18 heavy (non-hydrogen) atoms. The van der Waals surface area contributed by atoms with E-state index in [-0.39, 0.29) is 11.8 Å². The van der Waals surface area contributed by atoms with Gasteiger partial charge in [-0.1, -0.05) is 6.92 Å². The zero-order chi connectivity index (χ0) is 13.9. The molecule has 0 aliphatic heterocycles. The summed E-state index contributed by atoms with van der Waals surface area (Å²) >= 11 is 0. The molecule has 1 aromatic heterocycles. The standard InChI is InChI=1S/C10H12F4N2OS/c1-5(18(2)17)3-4-15-8-6(11)9(13)16-10(14)7(8)12/h5H,3-4H2,1-2H3,(H,15,16). The van der Waals surface area contributed by atoms with Crippen LogP contribution in [0.3, 0.4) is 0 Å². The second-order valence-corrected chi connectivity index (χ2v) is 5.52. The summed E-state index contributed by atoms with van der Waals surface area (Å²) in [5, 5.41) is 2.05. The molecule has 2 unspecified atom stereocenters. The third-order valence-electron chi connectivity index (χ3n) is 2.42. The van der Waals surface area contributed by atoms with Gasteiger partial charge in [0.1, 0.15) is 5.69 Å². The number of aromatic nitrogens is 1. The van der Waals surface area contributed by atoms with Crippen molar-refractivity contribution in [2.75, 3.05) is 18.1 Å². The van der Waals surface area contributed by atoms with Crippen LogP contribution in [-0.2, 0) is 10.8 Å². The summed E-state index contributed by atoms with van der Waals surface area (Å²) in [5.74, 6) is -6.55. The van der Waals surface area contributed by atoms with Gasteiger partial charge in [0.15, 0.2) is 0 Å². The summed E-state index contributed by atoms with van der Waals surface area (Å²) in [5.41, 5.74) is -0.894. The van der Waals surface area contributed by atoms with Crippen LogP contribution >= 0.6 is 0 Å². The molecule has 0 saturated heterocycles. The second kappa shape index (κ2) is 6.12. The van der Waals surface area contributed by atoms with Gasteiger partial charge in [0, 0.05) is 28.9 Å². The fraction of sp³-hybridized carbons (Fsp3) is 0.500. The number of halogens is 4. The Morgan fingerprint density at radius 1 is 1.22 bits per heavy atom. The summed E-state index contributed by atoms with van der Waals surface area (Å²) in [4.78, 5) is 2.43. The quantitative estimate of drug-likeness (QED) is 0.666. The summed E-state index contributed by atoms with van der Waals surface area (Å²) in [6.45, 7) is 1.73. The molecule has 0 radical (unpaired) electrons. The lowest BCUT2D eigenvalue weighted by molar-refractivity contribution is 0.410. The molecule has 1 N–H and O–H groups in total. The first-order valence-electron chi connectivity index (χ1n) is 5.10. The largest absolute Gasteiger partial charge is 0.380 e. The van der Waals surface area contributed by atoms with E-state index >= 15 is 0 Å². The van der Waals surface area contributed by atoms with Gasteiger partial charge in [-0.25, -0.2) is 0 Å². The first-order chi connectivity index (χ1) is 8.34. The van der Waals surface area contributed by atoms with Crippen molar-refractivity contribution in [1.29, 1.82) is 0 Å². The molecule has 0 aliphatic carbocycles. The molecule has 2 atom stereocenters. The fourth-order valence-corrected chi connectivity index (χ4v) is 1.66. The number of rotatable bonds is 5. The maximum absolute atomic E-state index is 13.2.